The summed E-state index contributed by atoms with van der Waals surface area (Å²) in [6.07, 6.45) is 2.27. The summed E-state index contributed by atoms with van der Waals surface area (Å²) in [6.45, 7) is 8.78. The van der Waals surface area contributed by atoms with Gasteiger partial charge in [-0.1, -0.05) is 13.8 Å². The molecular weight excluding hydrogens is 214 g/mol. The number of nitrogens with zero attached hydrogens (tertiary/aromatic N) is 1. The highest BCUT2D eigenvalue weighted by Crippen LogP contribution is 2.13. The van der Waals surface area contributed by atoms with Crippen molar-refractivity contribution in [3.05, 3.63) is 0 Å². The Morgan fingerprint density at radius 1 is 1.53 bits per heavy atom. The first-order valence-corrected chi connectivity index (χ1v) is 6.69. The monoisotopic (exact) mass is 241 g/mol. The third-order valence-corrected chi connectivity index (χ3v) is 3.32. The topological polar surface area (TPSA) is 44.4 Å². The van der Waals surface area contributed by atoms with Crippen LogP contribution in [0, 0.1) is 5.92 Å². The zero-order valence-electron chi connectivity index (χ0n) is 11.6. The van der Waals surface area contributed by atoms with Crippen molar-refractivity contribution in [3.8, 4) is 0 Å². The Bertz CT molecular complexity index is 243. The van der Waals surface area contributed by atoms with E-state index in [1.165, 1.54) is 0 Å². The van der Waals surface area contributed by atoms with Crippen LogP contribution in [0.15, 0.2) is 0 Å². The van der Waals surface area contributed by atoms with Gasteiger partial charge in [0.25, 0.3) is 0 Å². The Morgan fingerprint density at radius 3 is 2.82 bits per heavy atom. The first-order chi connectivity index (χ1) is 7.99. The van der Waals surface area contributed by atoms with E-state index >= 15 is 0 Å². The Kier molecular flexibility index (Phi) is 5.92. The molecule has 17 heavy (non-hydrogen) atoms. The Hall–Kier alpha value is -0.610. The van der Waals surface area contributed by atoms with Gasteiger partial charge < -0.3 is 10.6 Å². The second kappa shape index (κ2) is 6.97. The second-order valence-corrected chi connectivity index (χ2v) is 5.65. The van der Waals surface area contributed by atoms with Crippen molar-refractivity contribution in [1.82, 2.24) is 15.5 Å². The molecule has 1 aliphatic rings. The lowest BCUT2D eigenvalue weighted by atomic mass is 9.99. The van der Waals surface area contributed by atoms with Crippen LogP contribution in [-0.2, 0) is 4.79 Å². The number of likely N-dealkylation sites (N-methyl/N-ethyl adjacent to an activating group) is 1. The Morgan fingerprint density at radius 2 is 2.24 bits per heavy atom. The molecule has 0 aliphatic carbocycles. The van der Waals surface area contributed by atoms with Crippen LogP contribution in [0.25, 0.3) is 0 Å². The van der Waals surface area contributed by atoms with Crippen LogP contribution in [0.4, 0.5) is 0 Å². The van der Waals surface area contributed by atoms with Gasteiger partial charge in [-0.15, -0.1) is 0 Å². The fraction of sp³-hybridized carbons (Fsp3) is 0.923. The molecule has 0 aromatic heterocycles. The molecule has 0 aromatic rings. The van der Waals surface area contributed by atoms with Crippen molar-refractivity contribution in [2.75, 3.05) is 26.7 Å². The van der Waals surface area contributed by atoms with Crippen molar-refractivity contribution < 1.29 is 4.79 Å². The molecule has 1 rings (SSSR count). The lowest BCUT2D eigenvalue weighted by molar-refractivity contribution is -0.122. The van der Waals surface area contributed by atoms with Gasteiger partial charge in [-0.05, 0) is 39.3 Å². The molecule has 1 fully saturated rings. The smallest absolute Gasteiger partial charge is 0.234 e. The number of amides is 1. The number of nitrogens with one attached hydrogen (secondary N) is 2. The van der Waals surface area contributed by atoms with E-state index in [-0.39, 0.29) is 5.91 Å². The molecule has 100 valence electrons. The lowest BCUT2D eigenvalue weighted by Crippen LogP contribution is -2.48. The average molecular weight is 241 g/mol. The third kappa shape index (κ3) is 5.50. The van der Waals surface area contributed by atoms with Crippen molar-refractivity contribution in [2.24, 2.45) is 5.92 Å². The molecule has 0 saturated carbocycles. The standard InChI is InChI=1S/C13H27N3O/c1-10(2)8-15-13(17)9-16(4)12-5-6-14-11(3)7-12/h10-12,14H,5-9H2,1-4H3,(H,15,17). The van der Waals surface area contributed by atoms with Crippen LogP contribution < -0.4 is 10.6 Å². The number of hydrogen-bond acceptors (Lipinski definition) is 3. The number of rotatable bonds is 5. The van der Waals surface area contributed by atoms with Gasteiger partial charge in [-0.3, -0.25) is 9.69 Å². The number of piperidine rings is 1. The van der Waals surface area contributed by atoms with Gasteiger partial charge in [0.1, 0.15) is 0 Å². The van der Waals surface area contributed by atoms with Gasteiger partial charge in [-0.2, -0.15) is 0 Å². The van der Waals surface area contributed by atoms with Crippen LogP contribution in [0.1, 0.15) is 33.6 Å². The van der Waals surface area contributed by atoms with Crippen LogP contribution in [0.3, 0.4) is 0 Å². The van der Waals surface area contributed by atoms with Crippen LogP contribution in [-0.4, -0.2) is 49.6 Å². The van der Waals surface area contributed by atoms with Gasteiger partial charge >= 0.3 is 0 Å². The zero-order chi connectivity index (χ0) is 12.8. The van der Waals surface area contributed by atoms with Crippen molar-refractivity contribution in [2.45, 2.75) is 45.7 Å². The molecular formula is C13H27N3O. The summed E-state index contributed by atoms with van der Waals surface area (Å²) < 4.78 is 0. The molecule has 4 heteroatoms. The van der Waals surface area contributed by atoms with Crippen LogP contribution in [0.2, 0.25) is 0 Å². The van der Waals surface area contributed by atoms with E-state index < -0.39 is 0 Å². The number of carbonyl (C=O) groups is 1. The van der Waals surface area contributed by atoms with Crippen molar-refractivity contribution in [3.63, 3.8) is 0 Å². The van der Waals surface area contributed by atoms with Gasteiger partial charge in [0.15, 0.2) is 0 Å². The highest BCUT2D eigenvalue weighted by Gasteiger charge is 2.22. The van der Waals surface area contributed by atoms with E-state index in [1.807, 2.05) is 0 Å². The lowest BCUT2D eigenvalue weighted by Gasteiger charge is -2.34. The van der Waals surface area contributed by atoms with E-state index in [9.17, 15) is 4.79 Å². The van der Waals surface area contributed by atoms with Crippen molar-refractivity contribution in [1.29, 1.82) is 0 Å². The second-order valence-electron chi connectivity index (χ2n) is 5.65. The molecule has 2 N–H and O–H groups in total. The van der Waals surface area contributed by atoms with Crippen LogP contribution >= 0.6 is 0 Å². The average Bonchev–Trinajstić information content (AvgIpc) is 2.26. The summed E-state index contributed by atoms with van der Waals surface area (Å²) in [5.41, 5.74) is 0. The van der Waals surface area contributed by atoms with Gasteiger partial charge in [0.2, 0.25) is 5.91 Å². The third-order valence-electron chi connectivity index (χ3n) is 3.32. The Balaban J connectivity index is 2.27. The summed E-state index contributed by atoms with van der Waals surface area (Å²) in [7, 11) is 2.05. The molecule has 2 unspecified atom stereocenters. The summed E-state index contributed by atoms with van der Waals surface area (Å²) in [4.78, 5) is 13.9. The molecule has 0 aromatic carbocycles. The highest BCUT2D eigenvalue weighted by atomic mass is 16.2. The van der Waals surface area contributed by atoms with Gasteiger partial charge in [0, 0.05) is 18.6 Å². The van der Waals surface area contributed by atoms with E-state index in [2.05, 4.69) is 43.4 Å². The normalized spacial score (nSPS) is 25.3. The SMILES string of the molecule is CC(C)CNC(=O)CN(C)C1CCNC(C)C1. The molecule has 1 heterocycles. The molecule has 0 radical (unpaired) electrons. The highest BCUT2D eigenvalue weighted by molar-refractivity contribution is 5.78. The largest absolute Gasteiger partial charge is 0.355 e. The summed E-state index contributed by atoms with van der Waals surface area (Å²) >= 11 is 0. The first-order valence-electron chi connectivity index (χ1n) is 6.69. The molecule has 0 bridgehead atoms. The predicted octanol–water partition coefficient (Wildman–Crippen LogP) is 0.831. The zero-order valence-corrected chi connectivity index (χ0v) is 11.6. The Labute approximate surface area is 105 Å². The maximum absolute atomic E-state index is 11.7. The summed E-state index contributed by atoms with van der Waals surface area (Å²) in [5, 5.41) is 6.40. The maximum Gasteiger partial charge on any atom is 0.234 e. The van der Waals surface area contributed by atoms with E-state index in [0.717, 1.165) is 25.9 Å². The summed E-state index contributed by atoms with van der Waals surface area (Å²) in [6, 6.07) is 1.10. The van der Waals surface area contributed by atoms with E-state index in [0.29, 0.717) is 24.5 Å². The number of carbonyl (C=O) groups excluding carboxylic acids is 1. The summed E-state index contributed by atoms with van der Waals surface area (Å²) in [5.74, 6) is 0.663. The fourth-order valence-corrected chi connectivity index (χ4v) is 2.24. The maximum atomic E-state index is 11.7. The van der Waals surface area contributed by atoms with Gasteiger partial charge in [-0.25, -0.2) is 0 Å². The quantitative estimate of drug-likeness (QED) is 0.749. The fourth-order valence-electron chi connectivity index (χ4n) is 2.24. The van der Waals surface area contributed by atoms with Gasteiger partial charge in [0.05, 0.1) is 6.54 Å². The molecule has 1 aliphatic heterocycles. The molecule has 1 amide bonds. The molecule has 1 saturated heterocycles. The van der Waals surface area contributed by atoms with E-state index in [1.54, 1.807) is 0 Å². The van der Waals surface area contributed by atoms with E-state index in [4.69, 9.17) is 0 Å². The molecule has 4 nitrogen and oxygen atoms in total. The first kappa shape index (κ1) is 14.5. The molecule has 2 atom stereocenters. The predicted molar refractivity (Wildman–Crippen MR) is 71.0 cm³/mol. The van der Waals surface area contributed by atoms with Crippen molar-refractivity contribution >= 4 is 5.91 Å². The minimum atomic E-state index is 0.146. The number of hydrogen-bond donors (Lipinski definition) is 2. The molecule has 0 spiro atoms. The minimum Gasteiger partial charge on any atom is -0.355 e. The van der Waals surface area contributed by atoms with Crippen LogP contribution in [0.5, 0.6) is 0 Å². The minimum absolute atomic E-state index is 0.146.